The molecule has 1 aliphatic carbocycles. The average Bonchev–Trinajstić information content (AvgIpc) is 2.91. The Balaban J connectivity index is 2.04. The maximum absolute atomic E-state index is 11.3. The van der Waals surface area contributed by atoms with E-state index in [9.17, 15) is 9.90 Å². The third-order valence-electron chi connectivity index (χ3n) is 3.42. The minimum Gasteiger partial charge on any atom is -0.476 e. The Kier molecular flexibility index (Phi) is 4.71. The zero-order valence-corrected chi connectivity index (χ0v) is 12.0. The molecule has 0 saturated heterocycles. The molecule has 0 saturated carbocycles. The van der Waals surface area contributed by atoms with Crippen LogP contribution in [0.2, 0.25) is 0 Å². The molecule has 0 aliphatic heterocycles. The van der Waals surface area contributed by atoms with E-state index in [0.717, 1.165) is 19.4 Å². The second-order valence-electron chi connectivity index (χ2n) is 5.38. The molecule has 0 spiro atoms. The summed E-state index contributed by atoms with van der Waals surface area (Å²) in [6.45, 7) is 4.61. The van der Waals surface area contributed by atoms with Crippen molar-refractivity contribution in [2.24, 2.45) is 0 Å². The van der Waals surface area contributed by atoms with Crippen molar-refractivity contribution in [3.8, 4) is 0 Å². The van der Waals surface area contributed by atoms with Gasteiger partial charge in [-0.05, 0) is 25.7 Å². The molecule has 1 aromatic rings. The second-order valence-corrected chi connectivity index (χ2v) is 5.38. The molecule has 2 N–H and O–H groups in total. The predicted molar refractivity (Wildman–Crippen MR) is 78.1 cm³/mol. The molecule has 20 heavy (non-hydrogen) atoms. The van der Waals surface area contributed by atoms with Gasteiger partial charge in [-0.25, -0.2) is 14.8 Å². The van der Waals surface area contributed by atoms with Crippen LogP contribution in [0.25, 0.3) is 0 Å². The minimum absolute atomic E-state index is 0.0594. The quantitative estimate of drug-likeness (QED) is 0.780. The molecular formula is C15H21N3O2. The summed E-state index contributed by atoms with van der Waals surface area (Å²) in [5.41, 5.74) is 2.01. The Hall–Kier alpha value is -1.91. The van der Waals surface area contributed by atoms with Gasteiger partial charge in [0.15, 0.2) is 5.69 Å². The molecule has 1 aliphatic rings. The lowest BCUT2D eigenvalue weighted by Crippen LogP contribution is -2.13. The number of allylic oxidation sites excluding steroid dienone is 1. The lowest BCUT2D eigenvalue weighted by atomic mass is 10.1. The summed E-state index contributed by atoms with van der Waals surface area (Å²) in [5, 5.41) is 12.4. The van der Waals surface area contributed by atoms with Crippen LogP contribution in [0, 0.1) is 0 Å². The van der Waals surface area contributed by atoms with E-state index in [-0.39, 0.29) is 11.6 Å². The Morgan fingerprint density at radius 2 is 2.30 bits per heavy atom. The molecule has 2 rings (SSSR count). The van der Waals surface area contributed by atoms with Gasteiger partial charge in [-0.2, -0.15) is 0 Å². The molecule has 0 unspecified atom stereocenters. The Labute approximate surface area is 119 Å². The van der Waals surface area contributed by atoms with Gasteiger partial charge in [0.25, 0.3) is 0 Å². The largest absolute Gasteiger partial charge is 0.476 e. The number of hydrogen-bond donors (Lipinski definition) is 2. The molecule has 5 heteroatoms. The molecule has 5 nitrogen and oxygen atoms in total. The normalized spacial score (nSPS) is 14.4. The molecule has 0 fully saturated rings. The summed E-state index contributed by atoms with van der Waals surface area (Å²) < 4.78 is 0. The van der Waals surface area contributed by atoms with Crippen molar-refractivity contribution >= 4 is 11.7 Å². The number of nitrogens with zero attached hydrogens (tertiary/aromatic N) is 2. The SMILES string of the molecule is CC(C)c1ncc(NCCC2=CCCC2)c(C(=O)O)n1. The highest BCUT2D eigenvalue weighted by molar-refractivity contribution is 5.91. The number of rotatable bonds is 6. The molecule has 108 valence electrons. The van der Waals surface area contributed by atoms with E-state index in [1.54, 1.807) is 6.20 Å². The van der Waals surface area contributed by atoms with Crippen molar-refractivity contribution in [3.05, 3.63) is 29.4 Å². The maximum atomic E-state index is 11.3. The first-order valence-electron chi connectivity index (χ1n) is 7.10. The lowest BCUT2D eigenvalue weighted by Gasteiger charge is -2.11. The van der Waals surface area contributed by atoms with Crippen molar-refractivity contribution in [3.63, 3.8) is 0 Å². The topological polar surface area (TPSA) is 75.1 Å². The van der Waals surface area contributed by atoms with Crippen molar-refractivity contribution in [1.82, 2.24) is 9.97 Å². The molecule has 0 atom stereocenters. The Bertz CT molecular complexity index is 524. The van der Waals surface area contributed by atoms with Gasteiger partial charge < -0.3 is 10.4 Å². The fraction of sp³-hybridized carbons (Fsp3) is 0.533. The summed E-state index contributed by atoms with van der Waals surface area (Å²) in [7, 11) is 0. The molecule has 1 aromatic heterocycles. The van der Waals surface area contributed by atoms with Crippen LogP contribution in [-0.4, -0.2) is 27.6 Å². The second kappa shape index (κ2) is 6.50. The van der Waals surface area contributed by atoms with E-state index in [1.807, 2.05) is 13.8 Å². The first kappa shape index (κ1) is 14.5. The molecule has 0 radical (unpaired) electrons. The van der Waals surface area contributed by atoms with E-state index in [1.165, 1.54) is 18.4 Å². The third kappa shape index (κ3) is 3.56. The number of carbonyl (C=O) groups is 1. The van der Waals surface area contributed by atoms with Gasteiger partial charge in [0.05, 0.1) is 11.9 Å². The standard InChI is InChI=1S/C15H21N3O2/c1-10(2)14-17-9-12(13(18-14)15(19)20)16-8-7-11-5-3-4-6-11/h5,9-10,16H,3-4,6-8H2,1-2H3,(H,19,20). The number of nitrogens with one attached hydrogen (secondary N) is 1. The van der Waals surface area contributed by atoms with Crippen LogP contribution in [0.3, 0.4) is 0 Å². The van der Waals surface area contributed by atoms with E-state index >= 15 is 0 Å². The van der Waals surface area contributed by atoms with Crippen molar-refractivity contribution < 1.29 is 9.90 Å². The van der Waals surface area contributed by atoms with Gasteiger partial charge in [-0.1, -0.05) is 25.5 Å². The fourth-order valence-corrected chi connectivity index (χ4v) is 2.29. The predicted octanol–water partition coefficient (Wildman–Crippen LogP) is 3.21. The monoisotopic (exact) mass is 275 g/mol. The van der Waals surface area contributed by atoms with Crippen molar-refractivity contribution in [1.29, 1.82) is 0 Å². The maximum Gasteiger partial charge on any atom is 0.356 e. The zero-order valence-electron chi connectivity index (χ0n) is 12.0. The van der Waals surface area contributed by atoms with Crippen molar-refractivity contribution in [2.75, 3.05) is 11.9 Å². The Morgan fingerprint density at radius 1 is 1.50 bits per heavy atom. The highest BCUT2D eigenvalue weighted by Crippen LogP contribution is 2.21. The van der Waals surface area contributed by atoms with Crippen LogP contribution in [0.15, 0.2) is 17.8 Å². The minimum atomic E-state index is -1.02. The number of hydrogen-bond acceptors (Lipinski definition) is 4. The number of aromatic carboxylic acids is 1. The van der Waals surface area contributed by atoms with Gasteiger partial charge in [0.2, 0.25) is 0 Å². The van der Waals surface area contributed by atoms with Crippen LogP contribution >= 0.6 is 0 Å². The smallest absolute Gasteiger partial charge is 0.356 e. The van der Waals surface area contributed by atoms with E-state index in [4.69, 9.17) is 0 Å². The lowest BCUT2D eigenvalue weighted by molar-refractivity contribution is 0.0691. The van der Waals surface area contributed by atoms with Crippen LogP contribution < -0.4 is 5.32 Å². The first-order chi connectivity index (χ1) is 9.58. The van der Waals surface area contributed by atoms with Crippen LogP contribution in [-0.2, 0) is 0 Å². The molecule has 0 aromatic carbocycles. The highest BCUT2D eigenvalue weighted by Gasteiger charge is 2.15. The number of carboxylic acids is 1. The van der Waals surface area contributed by atoms with Crippen LogP contribution in [0.1, 0.15) is 61.8 Å². The van der Waals surface area contributed by atoms with E-state index in [0.29, 0.717) is 11.5 Å². The van der Waals surface area contributed by atoms with Crippen molar-refractivity contribution in [2.45, 2.75) is 45.4 Å². The van der Waals surface area contributed by atoms with Gasteiger partial charge >= 0.3 is 5.97 Å². The van der Waals surface area contributed by atoms with Gasteiger partial charge in [0, 0.05) is 12.5 Å². The summed E-state index contributed by atoms with van der Waals surface area (Å²) >= 11 is 0. The fourth-order valence-electron chi connectivity index (χ4n) is 2.29. The van der Waals surface area contributed by atoms with E-state index < -0.39 is 5.97 Å². The van der Waals surface area contributed by atoms with E-state index in [2.05, 4.69) is 21.4 Å². The van der Waals surface area contributed by atoms with Gasteiger partial charge in [0.1, 0.15) is 5.82 Å². The number of anilines is 1. The highest BCUT2D eigenvalue weighted by atomic mass is 16.4. The number of aromatic nitrogens is 2. The molecule has 1 heterocycles. The van der Waals surface area contributed by atoms with Crippen LogP contribution in [0.5, 0.6) is 0 Å². The zero-order chi connectivity index (χ0) is 14.5. The first-order valence-corrected chi connectivity index (χ1v) is 7.10. The average molecular weight is 275 g/mol. The Morgan fingerprint density at radius 3 is 2.90 bits per heavy atom. The summed E-state index contributed by atoms with van der Waals surface area (Å²) in [4.78, 5) is 19.6. The summed E-state index contributed by atoms with van der Waals surface area (Å²) in [6, 6.07) is 0. The summed E-state index contributed by atoms with van der Waals surface area (Å²) in [5.74, 6) is -0.339. The third-order valence-corrected chi connectivity index (χ3v) is 3.42. The molecular weight excluding hydrogens is 254 g/mol. The summed E-state index contributed by atoms with van der Waals surface area (Å²) in [6.07, 6.45) is 8.37. The van der Waals surface area contributed by atoms with Crippen LogP contribution in [0.4, 0.5) is 5.69 Å². The molecule has 0 amide bonds. The van der Waals surface area contributed by atoms with Gasteiger partial charge in [-0.3, -0.25) is 0 Å². The molecule has 0 bridgehead atoms. The van der Waals surface area contributed by atoms with Gasteiger partial charge in [-0.15, -0.1) is 0 Å². The number of carboxylic acid groups (broad SMARTS) is 1.